The van der Waals surface area contributed by atoms with E-state index in [1.807, 2.05) is 9.80 Å². The van der Waals surface area contributed by atoms with Crippen LogP contribution >= 0.6 is 0 Å². The Morgan fingerprint density at radius 3 is 2.41 bits per heavy atom. The van der Waals surface area contributed by atoms with E-state index in [1.54, 1.807) is 6.92 Å². The zero-order valence-electron chi connectivity index (χ0n) is 10.4. The van der Waals surface area contributed by atoms with Crippen molar-refractivity contribution in [3.05, 3.63) is 0 Å². The van der Waals surface area contributed by atoms with Crippen LogP contribution in [0.25, 0.3) is 0 Å². The Balaban J connectivity index is 1.89. The van der Waals surface area contributed by atoms with E-state index in [4.69, 9.17) is 0 Å². The summed E-state index contributed by atoms with van der Waals surface area (Å²) >= 11 is 0. The van der Waals surface area contributed by atoms with Crippen LogP contribution in [0.4, 0.5) is 0 Å². The molecule has 0 saturated carbocycles. The highest BCUT2D eigenvalue weighted by Gasteiger charge is 2.28. The third-order valence-electron chi connectivity index (χ3n) is 3.61. The first-order valence-electron chi connectivity index (χ1n) is 6.46. The predicted molar refractivity (Wildman–Crippen MR) is 64.5 cm³/mol. The number of carbonyl (C=O) groups excluding carboxylic acids is 2. The molecule has 2 amide bonds. The first-order chi connectivity index (χ1) is 8.18. The summed E-state index contributed by atoms with van der Waals surface area (Å²) in [5.41, 5.74) is 0. The molecule has 2 heterocycles. The van der Waals surface area contributed by atoms with Gasteiger partial charge >= 0.3 is 0 Å². The average Bonchev–Trinajstić information content (AvgIpc) is 2.71. The predicted octanol–water partition coefficient (Wildman–Crippen LogP) is -0.181. The Bertz CT molecular complexity index is 300. The molecule has 0 aromatic heterocycles. The molecule has 0 aromatic carbocycles. The van der Waals surface area contributed by atoms with Crippen molar-refractivity contribution in [1.29, 1.82) is 0 Å². The maximum absolute atomic E-state index is 12.2. The maximum atomic E-state index is 12.2. The van der Waals surface area contributed by atoms with Gasteiger partial charge in [-0.3, -0.25) is 9.59 Å². The smallest absolute Gasteiger partial charge is 0.239 e. The lowest BCUT2D eigenvalue weighted by atomic mass is 10.2. The van der Waals surface area contributed by atoms with Crippen molar-refractivity contribution in [2.24, 2.45) is 0 Å². The van der Waals surface area contributed by atoms with Gasteiger partial charge in [-0.1, -0.05) is 0 Å². The van der Waals surface area contributed by atoms with Gasteiger partial charge < -0.3 is 15.1 Å². The Kier molecular flexibility index (Phi) is 3.99. The third-order valence-corrected chi connectivity index (χ3v) is 3.61. The van der Waals surface area contributed by atoms with Gasteiger partial charge in [0.25, 0.3) is 0 Å². The van der Waals surface area contributed by atoms with Crippen molar-refractivity contribution in [2.75, 3.05) is 32.7 Å². The lowest BCUT2D eigenvalue weighted by Crippen LogP contribution is -2.45. The molecular weight excluding hydrogens is 218 g/mol. The number of hydrogen-bond donors (Lipinski definition) is 1. The molecule has 2 rings (SSSR count). The van der Waals surface area contributed by atoms with Crippen molar-refractivity contribution >= 4 is 11.8 Å². The van der Waals surface area contributed by atoms with Gasteiger partial charge in [0.05, 0.1) is 6.04 Å². The topological polar surface area (TPSA) is 52.7 Å². The monoisotopic (exact) mass is 239 g/mol. The second-order valence-electron chi connectivity index (χ2n) is 4.83. The van der Waals surface area contributed by atoms with E-state index in [-0.39, 0.29) is 17.9 Å². The first kappa shape index (κ1) is 12.4. The minimum absolute atomic E-state index is 0.0129. The van der Waals surface area contributed by atoms with E-state index in [9.17, 15) is 9.59 Å². The Labute approximate surface area is 102 Å². The summed E-state index contributed by atoms with van der Waals surface area (Å²) in [6.45, 7) is 5.45. The first-order valence-corrected chi connectivity index (χ1v) is 6.46. The van der Waals surface area contributed by atoms with E-state index in [0.29, 0.717) is 13.1 Å². The molecule has 0 bridgehead atoms. The summed E-state index contributed by atoms with van der Waals surface area (Å²) in [6, 6.07) is 0.0129. The summed E-state index contributed by atoms with van der Waals surface area (Å²) in [7, 11) is 0. The van der Waals surface area contributed by atoms with Gasteiger partial charge in [-0.05, 0) is 25.8 Å². The molecule has 2 aliphatic heterocycles. The highest BCUT2D eigenvalue weighted by Crippen LogP contribution is 2.11. The lowest BCUT2D eigenvalue weighted by Gasteiger charge is -2.24. The van der Waals surface area contributed by atoms with Crippen molar-refractivity contribution in [3.8, 4) is 0 Å². The largest absolute Gasteiger partial charge is 0.341 e. The number of nitrogens with zero attached hydrogens (tertiary/aromatic N) is 2. The molecule has 0 radical (unpaired) electrons. The average molecular weight is 239 g/mol. The fraction of sp³-hybridized carbons (Fsp3) is 0.833. The lowest BCUT2D eigenvalue weighted by molar-refractivity contribution is -0.134. The normalized spacial score (nSPS) is 25.8. The summed E-state index contributed by atoms with van der Waals surface area (Å²) in [5.74, 6) is 0.325. The number of nitrogens with one attached hydrogen (secondary N) is 1. The van der Waals surface area contributed by atoms with E-state index < -0.39 is 0 Å². The van der Waals surface area contributed by atoms with Crippen LogP contribution in [0.3, 0.4) is 0 Å². The van der Waals surface area contributed by atoms with Crippen molar-refractivity contribution < 1.29 is 9.59 Å². The van der Waals surface area contributed by atoms with E-state index in [1.165, 1.54) is 0 Å². The zero-order valence-corrected chi connectivity index (χ0v) is 10.4. The molecule has 2 aliphatic rings. The molecule has 5 nitrogen and oxygen atoms in total. The van der Waals surface area contributed by atoms with Gasteiger partial charge in [0.2, 0.25) is 11.8 Å². The third kappa shape index (κ3) is 2.97. The molecule has 2 fully saturated rings. The van der Waals surface area contributed by atoms with Crippen molar-refractivity contribution in [2.45, 2.75) is 32.2 Å². The quantitative estimate of drug-likeness (QED) is 0.690. The number of carbonyl (C=O) groups is 2. The van der Waals surface area contributed by atoms with Crippen LogP contribution < -0.4 is 5.32 Å². The molecule has 0 aliphatic carbocycles. The molecule has 0 spiro atoms. The number of rotatable bonds is 1. The Hall–Kier alpha value is -1.10. The van der Waals surface area contributed by atoms with Crippen molar-refractivity contribution in [1.82, 2.24) is 15.1 Å². The number of hydrogen-bond acceptors (Lipinski definition) is 3. The second kappa shape index (κ2) is 5.49. The molecule has 5 heteroatoms. The van der Waals surface area contributed by atoms with E-state index in [0.717, 1.165) is 38.9 Å². The summed E-state index contributed by atoms with van der Waals surface area (Å²) < 4.78 is 0. The molecular formula is C12H21N3O2. The maximum Gasteiger partial charge on any atom is 0.239 e. The molecule has 1 unspecified atom stereocenters. The van der Waals surface area contributed by atoms with Gasteiger partial charge in [0.15, 0.2) is 0 Å². The summed E-state index contributed by atoms with van der Waals surface area (Å²) in [4.78, 5) is 27.2. The Morgan fingerprint density at radius 1 is 1.06 bits per heavy atom. The fourth-order valence-electron chi connectivity index (χ4n) is 2.57. The van der Waals surface area contributed by atoms with Crippen LogP contribution in [0.2, 0.25) is 0 Å². The van der Waals surface area contributed by atoms with E-state index in [2.05, 4.69) is 5.32 Å². The van der Waals surface area contributed by atoms with Crippen LogP contribution in [0, 0.1) is 0 Å². The molecule has 96 valence electrons. The highest BCUT2D eigenvalue weighted by molar-refractivity contribution is 5.82. The highest BCUT2D eigenvalue weighted by atomic mass is 16.2. The van der Waals surface area contributed by atoms with Crippen LogP contribution in [-0.4, -0.2) is 60.4 Å². The van der Waals surface area contributed by atoms with Gasteiger partial charge in [-0.25, -0.2) is 0 Å². The standard InChI is InChI=1S/C12H21N3O2/c1-10(16)14-6-3-7-15(9-8-14)12(17)11-4-2-5-13-11/h11,13H,2-9H2,1H3. The minimum atomic E-state index is 0.0129. The summed E-state index contributed by atoms with van der Waals surface area (Å²) in [6.07, 6.45) is 2.92. The molecule has 2 saturated heterocycles. The van der Waals surface area contributed by atoms with Crippen LogP contribution in [-0.2, 0) is 9.59 Å². The fourth-order valence-corrected chi connectivity index (χ4v) is 2.57. The van der Waals surface area contributed by atoms with Crippen LogP contribution in [0.5, 0.6) is 0 Å². The van der Waals surface area contributed by atoms with Gasteiger partial charge in [0.1, 0.15) is 0 Å². The number of amides is 2. The Morgan fingerprint density at radius 2 is 1.76 bits per heavy atom. The molecule has 1 N–H and O–H groups in total. The summed E-state index contributed by atoms with van der Waals surface area (Å²) in [5, 5.41) is 3.24. The van der Waals surface area contributed by atoms with Gasteiger partial charge in [-0.15, -0.1) is 0 Å². The van der Waals surface area contributed by atoms with Crippen LogP contribution in [0.1, 0.15) is 26.2 Å². The minimum Gasteiger partial charge on any atom is -0.341 e. The molecule has 17 heavy (non-hydrogen) atoms. The van der Waals surface area contributed by atoms with E-state index >= 15 is 0 Å². The second-order valence-corrected chi connectivity index (χ2v) is 4.83. The molecule has 1 atom stereocenters. The van der Waals surface area contributed by atoms with Crippen LogP contribution in [0.15, 0.2) is 0 Å². The SMILES string of the molecule is CC(=O)N1CCCN(C(=O)C2CCCN2)CC1. The molecule has 0 aromatic rings. The zero-order chi connectivity index (χ0) is 12.3. The van der Waals surface area contributed by atoms with Gasteiger partial charge in [-0.2, -0.15) is 0 Å². The van der Waals surface area contributed by atoms with Gasteiger partial charge in [0, 0.05) is 33.1 Å². The van der Waals surface area contributed by atoms with Crippen molar-refractivity contribution in [3.63, 3.8) is 0 Å².